The minimum atomic E-state index is -3.57. The number of halogens is 2. The van der Waals surface area contributed by atoms with Crippen molar-refractivity contribution in [3.63, 3.8) is 0 Å². The standard InChI is InChI=1S/C13H14Br2N2O2S2/c1-8-3-11(15)12(16)5-13(8)21(18,19)17(2)6-10-4-9(14)7-20-10/h3-5,7H,6,16H2,1-2H3. The van der Waals surface area contributed by atoms with E-state index >= 15 is 0 Å². The number of nitrogens with zero attached hydrogens (tertiary/aromatic N) is 1. The maximum Gasteiger partial charge on any atom is 0.243 e. The van der Waals surface area contributed by atoms with Crippen molar-refractivity contribution in [3.8, 4) is 0 Å². The Morgan fingerprint density at radius 1 is 1.29 bits per heavy atom. The molecule has 2 rings (SSSR count). The molecule has 1 aromatic carbocycles. The molecule has 0 saturated carbocycles. The SMILES string of the molecule is Cc1cc(Br)c(N)cc1S(=O)(=O)N(C)Cc1cc(Br)cs1. The molecule has 0 fully saturated rings. The first kappa shape index (κ1) is 17.0. The van der Waals surface area contributed by atoms with Crippen LogP contribution in [-0.2, 0) is 16.6 Å². The topological polar surface area (TPSA) is 63.4 Å². The van der Waals surface area contributed by atoms with E-state index in [0.717, 1.165) is 9.35 Å². The van der Waals surface area contributed by atoms with E-state index in [1.165, 1.54) is 21.7 Å². The van der Waals surface area contributed by atoms with Gasteiger partial charge in [0.25, 0.3) is 0 Å². The lowest BCUT2D eigenvalue weighted by molar-refractivity contribution is 0.469. The predicted octanol–water partition coefficient (Wildman–Crippen LogP) is 3.98. The lowest BCUT2D eigenvalue weighted by atomic mass is 10.2. The van der Waals surface area contributed by atoms with Crippen LogP contribution in [0.5, 0.6) is 0 Å². The molecule has 0 radical (unpaired) electrons. The smallest absolute Gasteiger partial charge is 0.243 e. The predicted molar refractivity (Wildman–Crippen MR) is 94.0 cm³/mol. The van der Waals surface area contributed by atoms with Gasteiger partial charge in [0.05, 0.1) is 4.90 Å². The van der Waals surface area contributed by atoms with Gasteiger partial charge in [-0.1, -0.05) is 0 Å². The highest BCUT2D eigenvalue weighted by Crippen LogP contribution is 2.29. The van der Waals surface area contributed by atoms with Crippen LogP contribution >= 0.6 is 43.2 Å². The third-order valence-corrected chi connectivity index (χ3v) is 7.30. The largest absolute Gasteiger partial charge is 0.398 e. The number of hydrogen-bond acceptors (Lipinski definition) is 4. The third-order valence-electron chi connectivity index (χ3n) is 2.98. The first-order valence-corrected chi connectivity index (χ1v) is 9.87. The normalized spacial score (nSPS) is 12.0. The van der Waals surface area contributed by atoms with Gasteiger partial charge in [0, 0.05) is 38.5 Å². The maximum atomic E-state index is 12.7. The number of nitrogen functional groups attached to an aromatic ring is 1. The summed E-state index contributed by atoms with van der Waals surface area (Å²) in [5, 5.41) is 1.93. The summed E-state index contributed by atoms with van der Waals surface area (Å²) in [5.74, 6) is 0. The molecule has 21 heavy (non-hydrogen) atoms. The molecule has 0 bridgehead atoms. The fourth-order valence-electron chi connectivity index (χ4n) is 1.86. The summed E-state index contributed by atoms with van der Waals surface area (Å²) in [4.78, 5) is 1.21. The van der Waals surface area contributed by atoms with Gasteiger partial charge < -0.3 is 5.73 Å². The zero-order valence-corrected chi connectivity index (χ0v) is 16.2. The van der Waals surface area contributed by atoms with Crippen LogP contribution in [0.2, 0.25) is 0 Å². The van der Waals surface area contributed by atoms with Crippen LogP contribution < -0.4 is 5.73 Å². The average molecular weight is 454 g/mol. The van der Waals surface area contributed by atoms with Gasteiger partial charge in [-0.05, 0) is 62.5 Å². The Bertz CT molecular complexity index is 772. The van der Waals surface area contributed by atoms with Crippen molar-refractivity contribution in [2.45, 2.75) is 18.4 Å². The zero-order valence-electron chi connectivity index (χ0n) is 11.4. The Kier molecular flexibility index (Phi) is 5.15. The summed E-state index contributed by atoms with van der Waals surface area (Å²) in [7, 11) is -2.00. The number of nitrogens with two attached hydrogens (primary N) is 1. The quantitative estimate of drug-likeness (QED) is 0.712. The Morgan fingerprint density at radius 2 is 1.95 bits per heavy atom. The molecule has 2 N–H and O–H groups in total. The van der Waals surface area contributed by atoms with Crippen molar-refractivity contribution >= 4 is 58.9 Å². The summed E-state index contributed by atoms with van der Waals surface area (Å²) >= 11 is 8.18. The number of sulfonamides is 1. The van der Waals surface area contributed by atoms with Gasteiger partial charge in [0.2, 0.25) is 10.0 Å². The monoisotopic (exact) mass is 452 g/mol. The first-order chi connectivity index (χ1) is 9.71. The molecule has 0 spiro atoms. The van der Waals surface area contributed by atoms with E-state index in [0.29, 0.717) is 22.3 Å². The second-order valence-electron chi connectivity index (χ2n) is 4.63. The van der Waals surface area contributed by atoms with Crippen LogP contribution in [0.1, 0.15) is 10.4 Å². The highest BCUT2D eigenvalue weighted by molar-refractivity contribution is 9.10. The second-order valence-corrected chi connectivity index (χ2v) is 9.41. The van der Waals surface area contributed by atoms with Crippen LogP contribution in [-0.4, -0.2) is 19.8 Å². The van der Waals surface area contributed by atoms with Gasteiger partial charge in [-0.2, -0.15) is 4.31 Å². The van der Waals surface area contributed by atoms with Gasteiger partial charge >= 0.3 is 0 Å². The summed E-state index contributed by atoms with van der Waals surface area (Å²) in [6.45, 7) is 2.08. The van der Waals surface area contributed by atoms with Crippen LogP contribution in [0.15, 0.2) is 37.4 Å². The molecule has 114 valence electrons. The van der Waals surface area contributed by atoms with E-state index in [2.05, 4.69) is 31.9 Å². The number of aryl methyl sites for hydroxylation is 1. The molecule has 2 aromatic rings. The molecule has 0 atom stereocenters. The summed E-state index contributed by atoms with van der Waals surface area (Å²) in [6, 6.07) is 5.13. The van der Waals surface area contributed by atoms with Gasteiger partial charge in [-0.15, -0.1) is 11.3 Å². The van der Waals surface area contributed by atoms with Gasteiger partial charge in [-0.25, -0.2) is 8.42 Å². The first-order valence-electron chi connectivity index (χ1n) is 5.96. The number of rotatable bonds is 4. The molecular formula is C13H14Br2N2O2S2. The Balaban J connectivity index is 2.35. The highest BCUT2D eigenvalue weighted by Gasteiger charge is 2.24. The number of thiophene rings is 1. The van der Waals surface area contributed by atoms with Crippen LogP contribution in [0, 0.1) is 6.92 Å². The van der Waals surface area contributed by atoms with E-state index in [9.17, 15) is 8.42 Å². The molecular weight excluding hydrogens is 440 g/mol. The van der Waals surface area contributed by atoms with Gasteiger partial charge in [0.1, 0.15) is 0 Å². The van der Waals surface area contributed by atoms with E-state index in [1.807, 2.05) is 11.4 Å². The molecule has 0 aliphatic carbocycles. The van der Waals surface area contributed by atoms with Crippen molar-refractivity contribution in [3.05, 3.63) is 43.0 Å². The van der Waals surface area contributed by atoms with Crippen LogP contribution in [0.25, 0.3) is 0 Å². The molecule has 0 aliphatic heterocycles. The van der Waals surface area contributed by atoms with Crippen molar-refractivity contribution < 1.29 is 8.42 Å². The van der Waals surface area contributed by atoms with E-state index in [-0.39, 0.29) is 4.90 Å². The van der Waals surface area contributed by atoms with Crippen molar-refractivity contribution in [1.29, 1.82) is 0 Å². The molecule has 8 heteroatoms. The van der Waals surface area contributed by atoms with Crippen LogP contribution in [0.4, 0.5) is 5.69 Å². The lowest BCUT2D eigenvalue weighted by Crippen LogP contribution is -2.26. The Morgan fingerprint density at radius 3 is 2.52 bits per heavy atom. The van der Waals surface area contributed by atoms with E-state index in [4.69, 9.17) is 5.73 Å². The summed E-state index contributed by atoms with van der Waals surface area (Å²) < 4.78 is 28.3. The molecule has 0 amide bonds. The Labute approximate surface area is 145 Å². The van der Waals surface area contributed by atoms with E-state index < -0.39 is 10.0 Å². The molecule has 1 aromatic heterocycles. The minimum absolute atomic E-state index is 0.237. The van der Waals surface area contributed by atoms with Gasteiger partial charge in [-0.3, -0.25) is 0 Å². The lowest BCUT2D eigenvalue weighted by Gasteiger charge is -2.18. The minimum Gasteiger partial charge on any atom is -0.398 e. The summed E-state index contributed by atoms with van der Waals surface area (Å²) in [5.41, 5.74) is 6.88. The zero-order chi connectivity index (χ0) is 15.8. The Hall–Kier alpha value is -0.410. The fraction of sp³-hybridized carbons (Fsp3) is 0.231. The summed E-state index contributed by atoms with van der Waals surface area (Å²) in [6.07, 6.45) is 0. The number of hydrogen-bond donors (Lipinski definition) is 1. The van der Waals surface area contributed by atoms with Crippen molar-refractivity contribution in [2.75, 3.05) is 12.8 Å². The highest BCUT2D eigenvalue weighted by atomic mass is 79.9. The molecule has 0 aliphatic rings. The second kappa shape index (κ2) is 6.37. The fourth-order valence-corrected chi connectivity index (χ4v) is 5.29. The molecule has 1 heterocycles. The molecule has 0 unspecified atom stereocenters. The number of anilines is 1. The van der Waals surface area contributed by atoms with Crippen molar-refractivity contribution in [1.82, 2.24) is 4.31 Å². The third kappa shape index (κ3) is 3.68. The van der Waals surface area contributed by atoms with E-state index in [1.54, 1.807) is 20.0 Å². The number of benzene rings is 1. The van der Waals surface area contributed by atoms with Crippen molar-refractivity contribution in [2.24, 2.45) is 0 Å². The van der Waals surface area contributed by atoms with Gasteiger partial charge in [0.15, 0.2) is 0 Å². The maximum absolute atomic E-state index is 12.7. The average Bonchev–Trinajstić information content (AvgIpc) is 2.79. The molecule has 0 saturated heterocycles. The van der Waals surface area contributed by atoms with Crippen LogP contribution in [0.3, 0.4) is 0 Å². The molecule has 4 nitrogen and oxygen atoms in total.